The van der Waals surface area contributed by atoms with Crippen LogP contribution in [0.2, 0.25) is 0 Å². The molecule has 1 aliphatic heterocycles. The lowest BCUT2D eigenvalue weighted by molar-refractivity contribution is -0.0655. The van der Waals surface area contributed by atoms with Gasteiger partial charge >= 0.3 is 6.09 Å². The number of H-pyrrole nitrogens is 1. The summed E-state index contributed by atoms with van der Waals surface area (Å²) in [5.41, 5.74) is 1.47. The van der Waals surface area contributed by atoms with Crippen LogP contribution in [0.25, 0.3) is 11.1 Å². The molecule has 37 heavy (non-hydrogen) atoms. The molecule has 1 amide bonds. The van der Waals surface area contributed by atoms with Crippen molar-refractivity contribution in [2.75, 3.05) is 6.54 Å². The molecule has 0 bridgehead atoms. The molecule has 2 unspecified atom stereocenters. The van der Waals surface area contributed by atoms with Crippen molar-refractivity contribution in [2.45, 2.75) is 37.8 Å². The normalized spacial score (nSPS) is 18.5. The van der Waals surface area contributed by atoms with Gasteiger partial charge in [0.05, 0.1) is 6.04 Å². The molecule has 1 aromatic heterocycles. The first kappa shape index (κ1) is 24.5. The third-order valence-electron chi connectivity index (χ3n) is 6.89. The summed E-state index contributed by atoms with van der Waals surface area (Å²) in [6.45, 7) is 2.29. The number of amides is 1. The Hall–Kier alpha value is -4.21. The third kappa shape index (κ3) is 5.04. The lowest BCUT2D eigenvalue weighted by atomic mass is 9.84. The molecule has 1 N–H and O–H groups in total. The number of halogens is 3. The van der Waals surface area contributed by atoms with Crippen LogP contribution in [-0.4, -0.2) is 38.2 Å². The van der Waals surface area contributed by atoms with Crippen molar-refractivity contribution in [3.05, 3.63) is 101 Å². The topological polar surface area (TPSA) is 84.0 Å². The van der Waals surface area contributed by atoms with E-state index < -0.39 is 23.3 Å². The van der Waals surface area contributed by atoms with Crippen LogP contribution in [0, 0.1) is 17.5 Å². The molecule has 0 spiro atoms. The van der Waals surface area contributed by atoms with Gasteiger partial charge in [0.1, 0.15) is 23.1 Å². The molecule has 2 heterocycles. The minimum absolute atomic E-state index is 0.295. The average molecular weight is 508 g/mol. The zero-order chi connectivity index (χ0) is 26.0. The van der Waals surface area contributed by atoms with E-state index in [1.165, 1.54) is 24.3 Å². The number of hydrogen-bond donors (Lipinski definition) is 1. The van der Waals surface area contributed by atoms with E-state index in [1.54, 1.807) is 29.2 Å². The van der Waals surface area contributed by atoms with Crippen LogP contribution in [-0.2, 0) is 16.8 Å². The van der Waals surface area contributed by atoms with Gasteiger partial charge in [-0.3, -0.25) is 0 Å². The Labute approximate surface area is 211 Å². The number of carbonyl (C=O) groups is 1. The first-order valence-corrected chi connectivity index (χ1v) is 11.9. The van der Waals surface area contributed by atoms with Gasteiger partial charge in [-0.25, -0.2) is 18.0 Å². The molecular formula is C27H24F3N5O2. The predicted molar refractivity (Wildman–Crippen MR) is 129 cm³/mol. The molecule has 1 saturated heterocycles. The fraction of sp³-hybridized carbons (Fsp3) is 0.259. The number of cyclic esters (lactones) is 1. The zero-order valence-electron chi connectivity index (χ0n) is 20.0. The fourth-order valence-corrected chi connectivity index (χ4v) is 4.75. The van der Waals surface area contributed by atoms with Crippen molar-refractivity contribution in [2.24, 2.45) is 0 Å². The van der Waals surface area contributed by atoms with Crippen LogP contribution in [0.5, 0.6) is 0 Å². The minimum atomic E-state index is -0.967. The number of rotatable bonds is 7. The second kappa shape index (κ2) is 10.0. The Bertz CT molecular complexity index is 1380. The number of benzene rings is 3. The Morgan fingerprint density at radius 3 is 2.41 bits per heavy atom. The largest absolute Gasteiger partial charge is 0.438 e. The molecule has 1 aliphatic rings. The van der Waals surface area contributed by atoms with Crippen molar-refractivity contribution in [3.63, 3.8) is 0 Å². The van der Waals surface area contributed by atoms with Gasteiger partial charge in [-0.2, -0.15) is 5.21 Å². The molecule has 7 nitrogen and oxygen atoms in total. The van der Waals surface area contributed by atoms with Crippen LogP contribution in [0.1, 0.15) is 42.8 Å². The van der Waals surface area contributed by atoms with Gasteiger partial charge in [0.15, 0.2) is 5.82 Å². The SMILES string of the molecule is CC(c1ccc(-c2ccc(F)cc2F)cc1)N1CCC(CCc2nn[nH]n2)(c2ccc(F)cc2)OC1=O. The first-order valence-electron chi connectivity index (χ1n) is 11.9. The van der Waals surface area contributed by atoms with Crippen LogP contribution in [0.15, 0.2) is 66.7 Å². The number of aryl methyl sites for hydroxylation is 1. The highest BCUT2D eigenvalue weighted by Gasteiger charge is 2.43. The molecule has 1 fully saturated rings. The predicted octanol–water partition coefficient (Wildman–Crippen LogP) is 5.72. The fourth-order valence-electron chi connectivity index (χ4n) is 4.75. The summed E-state index contributed by atoms with van der Waals surface area (Å²) in [5, 5.41) is 13.9. The molecule has 0 radical (unpaired) electrons. The summed E-state index contributed by atoms with van der Waals surface area (Å²) in [4.78, 5) is 14.9. The second-order valence-corrected chi connectivity index (χ2v) is 9.06. The maximum atomic E-state index is 14.2. The van der Waals surface area contributed by atoms with Gasteiger partial charge in [0.2, 0.25) is 0 Å². The second-order valence-electron chi connectivity index (χ2n) is 9.06. The molecule has 190 valence electrons. The highest BCUT2D eigenvalue weighted by Crippen LogP contribution is 2.40. The average Bonchev–Trinajstić information content (AvgIpc) is 3.42. The summed E-state index contributed by atoms with van der Waals surface area (Å²) in [6.07, 6.45) is 0.804. The zero-order valence-corrected chi connectivity index (χ0v) is 20.0. The van der Waals surface area contributed by atoms with Crippen molar-refractivity contribution >= 4 is 6.09 Å². The van der Waals surface area contributed by atoms with E-state index in [9.17, 15) is 18.0 Å². The molecule has 0 aliphatic carbocycles. The first-order chi connectivity index (χ1) is 17.8. The van der Waals surface area contributed by atoms with Gasteiger partial charge < -0.3 is 9.64 Å². The Kier molecular flexibility index (Phi) is 6.64. The number of ether oxygens (including phenoxy) is 1. The number of nitrogens with one attached hydrogen (secondary N) is 1. The number of aromatic nitrogens is 4. The molecule has 3 aromatic carbocycles. The van der Waals surface area contributed by atoms with Crippen molar-refractivity contribution in [1.29, 1.82) is 0 Å². The molecule has 10 heteroatoms. The number of tetrazole rings is 1. The minimum Gasteiger partial charge on any atom is -0.438 e. The van der Waals surface area contributed by atoms with Crippen LogP contribution >= 0.6 is 0 Å². The molecule has 5 rings (SSSR count). The number of carbonyl (C=O) groups excluding carboxylic acids is 1. The van der Waals surface area contributed by atoms with E-state index in [0.29, 0.717) is 48.3 Å². The van der Waals surface area contributed by atoms with Gasteiger partial charge in [0, 0.05) is 31.0 Å². The van der Waals surface area contributed by atoms with Gasteiger partial charge in [-0.15, -0.1) is 10.2 Å². The summed E-state index contributed by atoms with van der Waals surface area (Å²) >= 11 is 0. The summed E-state index contributed by atoms with van der Waals surface area (Å²) in [5.74, 6) is -1.16. The van der Waals surface area contributed by atoms with E-state index >= 15 is 0 Å². The highest BCUT2D eigenvalue weighted by molar-refractivity contribution is 5.70. The molecular weight excluding hydrogens is 483 g/mol. The maximum Gasteiger partial charge on any atom is 0.411 e. The van der Waals surface area contributed by atoms with Crippen LogP contribution in [0.3, 0.4) is 0 Å². The van der Waals surface area contributed by atoms with E-state index in [1.807, 2.05) is 19.1 Å². The van der Waals surface area contributed by atoms with Crippen LogP contribution < -0.4 is 0 Å². The smallest absolute Gasteiger partial charge is 0.411 e. The maximum absolute atomic E-state index is 14.2. The molecule has 4 aromatic rings. The third-order valence-corrected chi connectivity index (χ3v) is 6.89. The Morgan fingerprint density at radius 1 is 1.03 bits per heavy atom. The number of hydrogen-bond acceptors (Lipinski definition) is 5. The summed E-state index contributed by atoms with van der Waals surface area (Å²) < 4.78 is 47.1. The van der Waals surface area contributed by atoms with Crippen molar-refractivity contribution in [3.8, 4) is 11.1 Å². The lowest BCUT2D eigenvalue weighted by Crippen LogP contribution is -2.49. The van der Waals surface area contributed by atoms with E-state index in [-0.39, 0.29) is 11.9 Å². The van der Waals surface area contributed by atoms with Crippen molar-refractivity contribution in [1.82, 2.24) is 25.5 Å². The Morgan fingerprint density at radius 2 is 1.76 bits per heavy atom. The number of aromatic amines is 1. The lowest BCUT2D eigenvalue weighted by Gasteiger charge is -2.43. The number of nitrogens with zero attached hydrogens (tertiary/aromatic N) is 4. The standard InChI is InChI=1S/C27H24F3N5O2/c1-17(18-2-4-19(5-3-18)23-11-10-22(29)16-24(23)30)35-15-14-27(37-26(35)36,13-12-25-31-33-34-32-25)20-6-8-21(28)9-7-20/h2-11,16-17H,12-15H2,1H3,(H,31,32,33,34). The van der Waals surface area contributed by atoms with E-state index in [2.05, 4.69) is 20.6 Å². The summed E-state index contributed by atoms with van der Waals surface area (Å²) in [6, 6.07) is 16.2. The quantitative estimate of drug-likeness (QED) is 0.346. The highest BCUT2D eigenvalue weighted by atomic mass is 19.1. The Balaban J connectivity index is 1.34. The van der Waals surface area contributed by atoms with E-state index in [0.717, 1.165) is 11.6 Å². The van der Waals surface area contributed by atoms with Gasteiger partial charge in [-0.1, -0.05) is 41.6 Å². The van der Waals surface area contributed by atoms with E-state index in [4.69, 9.17) is 4.74 Å². The van der Waals surface area contributed by atoms with Gasteiger partial charge in [-0.05, 0) is 54.3 Å². The van der Waals surface area contributed by atoms with Gasteiger partial charge in [0.25, 0.3) is 0 Å². The molecule has 0 saturated carbocycles. The summed E-state index contributed by atoms with van der Waals surface area (Å²) in [7, 11) is 0. The van der Waals surface area contributed by atoms with Crippen molar-refractivity contribution < 1.29 is 22.7 Å². The monoisotopic (exact) mass is 507 g/mol. The van der Waals surface area contributed by atoms with Crippen LogP contribution in [0.4, 0.5) is 18.0 Å². The molecule has 2 atom stereocenters.